The first kappa shape index (κ1) is 9.00. The summed E-state index contributed by atoms with van der Waals surface area (Å²) < 4.78 is 5.45. The summed E-state index contributed by atoms with van der Waals surface area (Å²) in [6.45, 7) is 7.47. The molecule has 2 saturated heterocycles. The number of amides is 1. The zero-order chi connectivity index (χ0) is 9.64. The van der Waals surface area contributed by atoms with E-state index in [1.165, 1.54) is 0 Å². The van der Waals surface area contributed by atoms with E-state index >= 15 is 0 Å². The summed E-state index contributed by atoms with van der Waals surface area (Å²) in [5.41, 5.74) is -0.246. The fraction of sp³-hybridized carbons (Fsp3) is 0.900. The highest BCUT2D eigenvalue weighted by Gasteiger charge is 2.43. The van der Waals surface area contributed by atoms with Crippen LogP contribution in [-0.2, 0) is 9.53 Å². The molecule has 0 N–H and O–H groups in total. The van der Waals surface area contributed by atoms with E-state index in [-0.39, 0.29) is 11.3 Å². The van der Waals surface area contributed by atoms with Crippen molar-refractivity contribution in [1.82, 2.24) is 4.90 Å². The van der Waals surface area contributed by atoms with Gasteiger partial charge in [-0.3, -0.25) is 4.79 Å². The monoisotopic (exact) mass is 183 g/mol. The van der Waals surface area contributed by atoms with Crippen molar-refractivity contribution >= 4 is 5.91 Å². The van der Waals surface area contributed by atoms with E-state index in [0.29, 0.717) is 12.1 Å². The maximum absolute atomic E-state index is 11.9. The Hall–Kier alpha value is -0.570. The molecule has 2 atom stereocenters. The Morgan fingerprint density at radius 2 is 2.15 bits per heavy atom. The van der Waals surface area contributed by atoms with Crippen molar-refractivity contribution in [3.05, 3.63) is 0 Å². The highest BCUT2D eigenvalue weighted by atomic mass is 16.5. The molecule has 0 aromatic heterocycles. The standard InChI is InChI=1S/C10H17NO2/c1-10(2,3)9(12)11-5-8-4-7(11)6-13-8/h7-8H,4-6H2,1-3H3/t7-,8-/m0/s1. The Bertz CT molecular complexity index is 232. The Morgan fingerprint density at radius 3 is 2.54 bits per heavy atom. The van der Waals surface area contributed by atoms with Crippen molar-refractivity contribution in [1.29, 1.82) is 0 Å². The number of ether oxygens (including phenoxy) is 1. The molecule has 0 radical (unpaired) electrons. The smallest absolute Gasteiger partial charge is 0.228 e. The zero-order valence-electron chi connectivity index (χ0n) is 8.54. The van der Waals surface area contributed by atoms with Crippen LogP contribution in [0.3, 0.4) is 0 Å². The van der Waals surface area contributed by atoms with E-state index in [9.17, 15) is 4.79 Å². The predicted molar refractivity (Wildman–Crippen MR) is 49.3 cm³/mol. The number of likely N-dealkylation sites (tertiary alicyclic amines) is 1. The highest BCUT2D eigenvalue weighted by Crippen LogP contribution is 2.31. The first-order valence-electron chi connectivity index (χ1n) is 4.91. The quantitative estimate of drug-likeness (QED) is 0.561. The fourth-order valence-electron chi connectivity index (χ4n) is 2.08. The minimum absolute atomic E-state index is 0.246. The Kier molecular flexibility index (Phi) is 1.88. The number of carbonyl (C=O) groups excluding carboxylic acids is 1. The Balaban J connectivity index is 2.07. The van der Waals surface area contributed by atoms with Crippen molar-refractivity contribution in [2.75, 3.05) is 13.2 Å². The second kappa shape index (κ2) is 2.71. The molecule has 3 heteroatoms. The average molecular weight is 183 g/mol. The van der Waals surface area contributed by atoms with E-state index in [2.05, 4.69) is 0 Å². The number of nitrogens with zero attached hydrogens (tertiary/aromatic N) is 1. The molecule has 2 rings (SSSR count). The topological polar surface area (TPSA) is 29.5 Å². The molecule has 0 spiro atoms. The molecular formula is C10H17NO2. The van der Waals surface area contributed by atoms with Gasteiger partial charge in [0.25, 0.3) is 0 Å². The van der Waals surface area contributed by atoms with Crippen molar-refractivity contribution in [2.45, 2.75) is 39.3 Å². The maximum atomic E-state index is 11.9. The van der Waals surface area contributed by atoms with E-state index in [0.717, 1.165) is 19.6 Å². The Labute approximate surface area is 79.0 Å². The normalized spacial score (nSPS) is 32.7. The molecule has 2 bridgehead atoms. The van der Waals surface area contributed by atoms with Crippen molar-refractivity contribution in [3.8, 4) is 0 Å². The summed E-state index contributed by atoms with van der Waals surface area (Å²) in [5, 5.41) is 0. The largest absolute Gasteiger partial charge is 0.374 e. The van der Waals surface area contributed by atoms with Crippen molar-refractivity contribution < 1.29 is 9.53 Å². The maximum Gasteiger partial charge on any atom is 0.228 e. The van der Waals surface area contributed by atoms with Gasteiger partial charge in [0.15, 0.2) is 0 Å². The van der Waals surface area contributed by atoms with Gasteiger partial charge >= 0.3 is 0 Å². The van der Waals surface area contributed by atoms with Crippen LogP contribution in [0, 0.1) is 5.41 Å². The molecule has 2 aliphatic heterocycles. The molecule has 0 unspecified atom stereocenters. The van der Waals surface area contributed by atoms with Gasteiger partial charge in [-0.2, -0.15) is 0 Å². The van der Waals surface area contributed by atoms with Gasteiger partial charge in [-0.05, 0) is 6.42 Å². The van der Waals surface area contributed by atoms with Gasteiger partial charge in [0, 0.05) is 12.0 Å². The van der Waals surface area contributed by atoms with Crippen LogP contribution < -0.4 is 0 Å². The molecule has 0 aliphatic carbocycles. The Morgan fingerprint density at radius 1 is 1.46 bits per heavy atom. The van der Waals surface area contributed by atoms with Gasteiger partial charge < -0.3 is 9.64 Å². The molecule has 3 nitrogen and oxygen atoms in total. The van der Waals surface area contributed by atoms with Crippen LogP contribution in [-0.4, -0.2) is 36.1 Å². The first-order valence-corrected chi connectivity index (χ1v) is 4.91. The SMILES string of the molecule is CC(C)(C)C(=O)N1C[C@@H]2C[C@H]1CO2. The molecule has 0 aromatic rings. The van der Waals surface area contributed by atoms with E-state index in [1.807, 2.05) is 25.7 Å². The third kappa shape index (κ3) is 1.46. The highest BCUT2D eigenvalue weighted by molar-refractivity contribution is 5.82. The van der Waals surface area contributed by atoms with Crippen molar-refractivity contribution in [3.63, 3.8) is 0 Å². The van der Waals surface area contributed by atoms with Crippen molar-refractivity contribution in [2.24, 2.45) is 5.41 Å². The molecule has 2 aliphatic rings. The van der Waals surface area contributed by atoms with Gasteiger partial charge in [-0.1, -0.05) is 20.8 Å². The lowest BCUT2D eigenvalue weighted by Gasteiger charge is -2.32. The summed E-state index contributed by atoms with van der Waals surface area (Å²) >= 11 is 0. The minimum atomic E-state index is -0.246. The minimum Gasteiger partial charge on any atom is -0.374 e. The predicted octanol–water partition coefficient (Wildman–Crippen LogP) is 1.03. The molecular weight excluding hydrogens is 166 g/mol. The van der Waals surface area contributed by atoms with E-state index in [1.54, 1.807) is 0 Å². The number of carbonyl (C=O) groups is 1. The number of hydrogen-bond donors (Lipinski definition) is 0. The van der Waals surface area contributed by atoms with Gasteiger partial charge in [0.05, 0.1) is 18.8 Å². The molecule has 0 aromatic carbocycles. The van der Waals surface area contributed by atoms with Gasteiger partial charge in [-0.25, -0.2) is 0 Å². The summed E-state index contributed by atoms with van der Waals surface area (Å²) in [7, 11) is 0. The van der Waals surface area contributed by atoms with Crippen LogP contribution in [0.25, 0.3) is 0 Å². The summed E-state index contributed by atoms with van der Waals surface area (Å²) in [4.78, 5) is 13.9. The lowest BCUT2D eigenvalue weighted by atomic mass is 9.94. The second-order valence-electron chi connectivity index (χ2n) is 5.05. The van der Waals surface area contributed by atoms with Gasteiger partial charge in [-0.15, -0.1) is 0 Å². The fourth-order valence-corrected chi connectivity index (χ4v) is 2.08. The van der Waals surface area contributed by atoms with Gasteiger partial charge in [0.1, 0.15) is 0 Å². The second-order valence-corrected chi connectivity index (χ2v) is 5.05. The zero-order valence-corrected chi connectivity index (χ0v) is 8.54. The number of rotatable bonds is 0. The van der Waals surface area contributed by atoms with Crippen LogP contribution >= 0.6 is 0 Å². The molecule has 0 saturated carbocycles. The molecule has 13 heavy (non-hydrogen) atoms. The van der Waals surface area contributed by atoms with Crippen LogP contribution in [0.2, 0.25) is 0 Å². The van der Waals surface area contributed by atoms with Gasteiger partial charge in [0.2, 0.25) is 5.91 Å². The molecule has 1 amide bonds. The molecule has 2 fully saturated rings. The molecule has 2 heterocycles. The third-order valence-corrected chi connectivity index (χ3v) is 2.80. The number of morpholine rings is 1. The lowest BCUT2D eigenvalue weighted by Crippen LogP contribution is -2.46. The third-order valence-electron chi connectivity index (χ3n) is 2.80. The van der Waals surface area contributed by atoms with Crippen LogP contribution in [0.1, 0.15) is 27.2 Å². The first-order chi connectivity index (χ1) is 5.98. The van der Waals surface area contributed by atoms with E-state index < -0.39 is 0 Å². The van der Waals surface area contributed by atoms with Crippen LogP contribution in [0.15, 0.2) is 0 Å². The summed E-state index contributed by atoms with van der Waals surface area (Å²) in [5.74, 6) is 0.267. The van der Waals surface area contributed by atoms with Crippen LogP contribution in [0.4, 0.5) is 0 Å². The van der Waals surface area contributed by atoms with E-state index in [4.69, 9.17) is 4.74 Å². The number of fused-ring (bicyclic) bond motifs is 2. The molecule has 74 valence electrons. The average Bonchev–Trinajstić information content (AvgIpc) is 2.60. The number of hydrogen-bond acceptors (Lipinski definition) is 2. The summed E-state index contributed by atoms with van der Waals surface area (Å²) in [6.07, 6.45) is 1.36. The summed E-state index contributed by atoms with van der Waals surface area (Å²) in [6, 6.07) is 0.358. The lowest BCUT2D eigenvalue weighted by molar-refractivity contribution is -0.144. The van der Waals surface area contributed by atoms with Crippen LogP contribution in [0.5, 0.6) is 0 Å².